The summed E-state index contributed by atoms with van der Waals surface area (Å²) in [5.41, 5.74) is 20.9. The smallest absolute Gasteiger partial charge is 0.298 e. The Morgan fingerprint density at radius 3 is 2.76 bits per heavy atom. The number of rotatable bonds is 8. The molecule has 2 aromatic heterocycles. The van der Waals surface area contributed by atoms with Crippen molar-refractivity contribution in [1.82, 2.24) is 14.9 Å². The molecule has 1 aliphatic heterocycles. The van der Waals surface area contributed by atoms with E-state index in [4.69, 9.17) is 21.9 Å². The van der Waals surface area contributed by atoms with Gasteiger partial charge >= 0.3 is 0 Å². The molecule has 0 saturated heterocycles. The maximum Gasteiger partial charge on any atom is 0.298 e. The molecular weight excluding hydrogens is 540 g/mol. The van der Waals surface area contributed by atoms with Crippen LogP contribution in [0.4, 0.5) is 11.5 Å². The summed E-state index contributed by atoms with van der Waals surface area (Å²) >= 11 is 1.16. The van der Waals surface area contributed by atoms with E-state index in [2.05, 4.69) is 28.5 Å². The summed E-state index contributed by atoms with van der Waals surface area (Å²) in [6, 6.07) is 7.10. The molecule has 0 spiro atoms. The van der Waals surface area contributed by atoms with Crippen LogP contribution >= 0.6 is 11.3 Å². The molecule has 0 bridgehead atoms. The zero-order valence-electron chi connectivity index (χ0n) is 22.3. The Bertz CT molecular complexity index is 1740. The second-order valence-corrected chi connectivity index (χ2v) is 10.4. The van der Waals surface area contributed by atoms with Crippen LogP contribution in [0.2, 0.25) is 0 Å². The Hall–Kier alpha value is -5.10. The highest BCUT2D eigenvalue weighted by Gasteiger charge is 2.23. The van der Waals surface area contributed by atoms with E-state index in [-0.39, 0.29) is 17.7 Å². The molecule has 12 heteroatoms. The van der Waals surface area contributed by atoms with Gasteiger partial charge in [0, 0.05) is 11.4 Å². The second-order valence-electron chi connectivity index (χ2n) is 9.33. The third-order valence-corrected chi connectivity index (χ3v) is 7.67. The predicted molar refractivity (Wildman–Crippen MR) is 164 cm³/mol. The fraction of sp³-hybridized carbons (Fsp3) is 0.172. The number of nitrogens with zero attached hydrogens (tertiary/aromatic N) is 4. The Morgan fingerprint density at radius 2 is 2.05 bits per heavy atom. The number of aliphatic imine (C=N–C) groups is 1. The van der Waals surface area contributed by atoms with Crippen LogP contribution < -0.4 is 37.7 Å². The van der Waals surface area contributed by atoms with Crippen molar-refractivity contribution >= 4 is 45.1 Å². The molecule has 1 aliphatic carbocycles. The minimum atomic E-state index is -0.482. The van der Waals surface area contributed by atoms with Crippen molar-refractivity contribution in [3.05, 3.63) is 100 Å². The van der Waals surface area contributed by atoms with Crippen molar-refractivity contribution < 1.29 is 9.53 Å². The van der Waals surface area contributed by atoms with Crippen LogP contribution in [0.5, 0.6) is 5.75 Å². The van der Waals surface area contributed by atoms with E-state index in [1.807, 2.05) is 35.3 Å². The number of amides is 1. The third-order valence-electron chi connectivity index (χ3n) is 6.65. The van der Waals surface area contributed by atoms with Crippen molar-refractivity contribution in [1.29, 1.82) is 0 Å². The number of nitrogens with two attached hydrogens (primary N) is 3. The summed E-state index contributed by atoms with van der Waals surface area (Å²) in [6.07, 6.45) is 10.4. The summed E-state index contributed by atoms with van der Waals surface area (Å²) in [4.78, 5) is 37.7. The van der Waals surface area contributed by atoms with E-state index in [0.717, 1.165) is 40.4 Å². The standard InChI is InChI=1S/C29H30N8O3S/c1-3-5-19(4-2)36-12-13-40-23-11-10-20(14-21(23)36)37-22-15-24(41-27(22)35-25(30)28(37)39)26(38)34-18-8-6-17(7-9-18)16-33-29(31)32/h3-6,8,10-11,14-15H,1-2,7,9,12-13,16H2,(H2,30,35)(H,34,38)(H4,31,32,33)/b19-5+. The molecule has 5 rings (SSSR count). The van der Waals surface area contributed by atoms with Gasteiger partial charge in [0.2, 0.25) is 0 Å². The zero-order chi connectivity index (χ0) is 29.1. The highest BCUT2D eigenvalue weighted by atomic mass is 32.1. The molecule has 1 amide bonds. The number of benzene rings is 1. The third kappa shape index (κ3) is 5.63. The number of guanidine groups is 1. The van der Waals surface area contributed by atoms with E-state index in [1.54, 1.807) is 24.3 Å². The van der Waals surface area contributed by atoms with Crippen LogP contribution in [-0.2, 0) is 0 Å². The number of fused-ring (bicyclic) bond motifs is 2. The van der Waals surface area contributed by atoms with E-state index in [1.165, 1.54) is 4.57 Å². The lowest BCUT2D eigenvalue weighted by molar-refractivity contribution is 0.0968. The van der Waals surface area contributed by atoms with E-state index < -0.39 is 5.56 Å². The van der Waals surface area contributed by atoms with Crippen LogP contribution in [0.3, 0.4) is 0 Å². The van der Waals surface area contributed by atoms with E-state index in [0.29, 0.717) is 52.8 Å². The van der Waals surface area contributed by atoms with Crippen molar-refractivity contribution in [2.45, 2.75) is 12.8 Å². The van der Waals surface area contributed by atoms with Gasteiger partial charge < -0.3 is 32.2 Å². The Kier molecular flexibility index (Phi) is 7.74. The topological polar surface area (TPSA) is 167 Å². The number of carbonyl (C=O) groups is 1. The summed E-state index contributed by atoms with van der Waals surface area (Å²) in [7, 11) is 0. The fourth-order valence-electron chi connectivity index (χ4n) is 4.68. The lowest BCUT2D eigenvalue weighted by Crippen LogP contribution is -2.32. The molecule has 7 N–H and O–H groups in total. The summed E-state index contributed by atoms with van der Waals surface area (Å²) in [5.74, 6) is 0.250. The molecule has 0 unspecified atom stereocenters. The van der Waals surface area contributed by atoms with Gasteiger partial charge in [0.15, 0.2) is 11.8 Å². The molecule has 3 heterocycles. The summed E-state index contributed by atoms with van der Waals surface area (Å²) < 4.78 is 7.34. The highest BCUT2D eigenvalue weighted by molar-refractivity contribution is 7.20. The number of thiophene rings is 1. The minimum absolute atomic E-state index is 0.0403. The van der Waals surface area contributed by atoms with Gasteiger partial charge in [-0.2, -0.15) is 0 Å². The average Bonchev–Trinajstić information content (AvgIpc) is 3.39. The normalized spacial score (nSPS) is 14.8. The number of nitrogen functional groups attached to an aromatic ring is 1. The van der Waals surface area contributed by atoms with Crippen molar-refractivity contribution in [3.63, 3.8) is 0 Å². The Morgan fingerprint density at radius 1 is 1.22 bits per heavy atom. The van der Waals surface area contributed by atoms with Crippen molar-refractivity contribution in [2.24, 2.45) is 16.5 Å². The van der Waals surface area contributed by atoms with E-state index >= 15 is 0 Å². The largest absolute Gasteiger partial charge is 0.490 e. The number of aromatic nitrogens is 2. The van der Waals surface area contributed by atoms with Gasteiger partial charge in [0.25, 0.3) is 11.5 Å². The summed E-state index contributed by atoms with van der Waals surface area (Å²) in [5, 5.41) is 2.96. The Balaban J connectivity index is 1.50. The SMILES string of the molecule is C=C/C=C(\C=C)N1CCOc2ccc(-n3c(=O)c(N)nc4sc(C(=O)NC5=CC=C(CN=C(N)N)CC5)cc43)cc21. The lowest BCUT2D eigenvalue weighted by Gasteiger charge is -2.32. The van der Waals surface area contributed by atoms with Crippen LogP contribution in [0.15, 0.2) is 94.6 Å². The fourth-order valence-corrected chi connectivity index (χ4v) is 5.60. The van der Waals surface area contributed by atoms with E-state index in [9.17, 15) is 9.59 Å². The van der Waals surface area contributed by atoms with Gasteiger partial charge in [-0.15, -0.1) is 11.3 Å². The number of hydrogen-bond acceptors (Lipinski definition) is 8. The first-order valence-electron chi connectivity index (χ1n) is 12.9. The van der Waals surface area contributed by atoms with Crippen LogP contribution in [0.25, 0.3) is 16.0 Å². The maximum absolute atomic E-state index is 13.3. The van der Waals surface area contributed by atoms with Crippen LogP contribution in [0.1, 0.15) is 22.5 Å². The molecule has 1 aromatic carbocycles. The number of carbonyl (C=O) groups excluding carboxylic acids is 1. The number of ether oxygens (including phenoxy) is 1. The van der Waals surface area contributed by atoms with Gasteiger partial charge in [-0.25, -0.2) is 9.98 Å². The molecule has 3 aromatic rings. The van der Waals surface area contributed by atoms with Gasteiger partial charge in [-0.05, 0) is 60.9 Å². The number of anilines is 2. The molecule has 41 heavy (non-hydrogen) atoms. The van der Waals surface area contributed by atoms with Crippen molar-refractivity contribution in [2.75, 3.05) is 30.3 Å². The number of allylic oxidation sites excluding steroid dienone is 6. The molecular formula is C29H30N8O3S. The molecule has 2 aliphatic rings. The zero-order valence-corrected chi connectivity index (χ0v) is 23.1. The number of nitrogens with one attached hydrogen (secondary N) is 1. The molecule has 210 valence electrons. The molecule has 0 radical (unpaired) electrons. The summed E-state index contributed by atoms with van der Waals surface area (Å²) in [6.45, 7) is 9.22. The minimum Gasteiger partial charge on any atom is -0.490 e. The quantitative estimate of drug-likeness (QED) is 0.182. The Labute approximate surface area is 240 Å². The predicted octanol–water partition coefficient (Wildman–Crippen LogP) is 3.09. The monoisotopic (exact) mass is 570 g/mol. The maximum atomic E-state index is 13.3. The first-order valence-corrected chi connectivity index (χ1v) is 13.7. The van der Waals surface area contributed by atoms with Gasteiger partial charge in [0.1, 0.15) is 17.2 Å². The molecule has 0 saturated carbocycles. The highest BCUT2D eigenvalue weighted by Crippen LogP contribution is 2.37. The molecule has 0 fully saturated rings. The molecule has 0 atom stereocenters. The average molecular weight is 571 g/mol. The van der Waals surface area contributed by atoms with Crippen molar-refractivity contribution in [3.8, 4) is 11.4 Å². The van der Waals surface area contributed by atoms with Gasteiger partial charge in [0.05, 0.1) is 34.9 Å². The lowest BCUT2D eigenvalue weighted by atomic mass is 10.0. The van der Waals surface area contributed by atoms with Crippen LogP contribution in [0, 0.1) is 0 Å². The first-order chi connectivity index (χ1) is 19.8. The number of hydrogen-bond donors (Lipinski definition) is 4. The van der Waals surface area contributed by atoms with Crippen LogP contribution in [-0.4, -0.2) is 41.1 Å². The second kappa shape index (κ2) is 11.6. The van der Waals surface area contributed by atoms with Gasteiger partial charge in [-0.3, -0.25) is 14.2 Å². The molecule has 11 nitrogen and oxygen atoms in total. The first kappa shape index (κ1) is 27.5. The van der Waals surface area contributed by atoms with Gasteiger partial charge in [-0.1, -0.05) is 25.3 Å².